The molecule has 0 aliphatic carbocycles. The maximum absolute atomic E-state index is 10.3. The summed E-state index contributed by atoms with van der Waals surface area (Å²) in [4.78, 5) is 4.47. The Morgan fingerprint density at radius 2 is 1.93 bits per heavy atom. The smallest absolute Gasteiger partial charge is 0.230 e. The van der Waals surface area contributed by atoms with E-state index in [0.29, 0.717) is 6.42 Å². The number of hydrogen-bond acceptors (Lipinski definition) is 5. The van der Waals surface area contributed by atoms with Crippen LogP contribution in [-0.2, 0) is 0 Å². The number of benzene rings is 2. The van der Waals surface area contributed by atoms with Gasteiger partial charge in [-0.25, -0.2) is 5.01 Å². The van der Waals surface area contributed by atoms with Crippen LogP contribution < -0.4 is 4.74 Å². The number of para-hydroxylation sites is 1. The quantitative estimate of drug-likeness (QED) is 0.645. The molecule has 2 aromatic carbocycles. The lowest BCUT2D eigenvalue weighted by Gasteiger charge is -2.37. The summed E-state index contributed by atoms with van der Waals surface area (Å²) < 4.78 is 7.27. The molecule has 134 valence electrons. The highest BCUT2D eigenvalue weighted by molar-refractivity contribution is 9.10. The van der Waals surface area contributed by atoms with E-state index in [0.717, 1.165) is 32.8 Å². The molecule has 0 bridgehead atoms. The molecule has 3 heterocycles. The molecule has 5 nitrogen and oxygen atoms in total. The van der Waals surface area contributed by atoms with Crippen molar-refractivity contribution in [2.75, 3.05) is 0 Å². The second kappa shape index (κ2) is 6.39. The number of aromatic hydroxyl groups is 1. The molecule has 27 heavy (non-hydrogen) atoms. The third-order valence-corrected chi connectivity index (χ3v) is 5.40. The number of halogens is 1. The number of hydrogen-bond donors (Lipinski definition) is 1. The van der Waals surface area contributed by atoms with Gasteiger partial charge >= 0.3 is 0 Å². The number of ether oxygens (including phenoxy) is 1. The lowest BCUT2D eigenvalue weighted by Crippen LogP contribution is -2.34. The third kappa shape index (κ3) is 2.77. The zero-order chi connectivity index (χ0) is 18.4. The summed E-state index contributed by atoms with van der Waals surface area (Å²) in [5, 5.41) is 17.1. The van der Waals surface area contributed by atoms with Crippen LogP contribution in [0.5, 0.6) is 11.5 Å². The van der Waals surface area contributed by atoms with Crippen molar-refractivity contribution in [3.8, 4) is 11.5 Å². The lowest BCUT2D eigenvalue weighted by molar-refractivity contribution is -0.0218. The average molecular weight is 422 g/mol. The van der Waals surface area contributed by atoms with Crippen LogP contribution in [0, 0.1) is 0 Å². The zero-order valence-corrected chi connectivity index (χ0v) is 15.9. The summed E-state index contributed by atoms with van der Waals surface area (Å²) in [7, 11) is 0. The highest BCUT2D eigenvalue weighted by atomic mass is 79.9. The van der Waals surface area contributed by atoms with E-state index in [-0.39, 0.29) is 11.8 Å². The second-order valence-electron chi connectivity index (χ2n) is 6.57. The van der Waals surface area contributed by atoms with E-state index in [2.05, 4.69) is 27.0 Å². The number of nitrogens with zero attached hydrogens (tertiary/aromatic N) is 3. The average Bonchev–Trinajstić information content (AvgIpc) is 3.14. The number of phenols is 1. The highest BCUT2D eigenvalue weighted by Gasteiger charge is 2.41. The van der Waals surface area contributed by atoms with Gasteiger partial charge in [-0.05, 0) is 42.5 Å². The van der Waals surface area contributed by atoms with Crippen molar-refractivity contribution in [3.63, 3.8) is 0 Å². The molecule has 1 N–H and O–H groups in total. The van der Waals surface area contributed by atoms with Crippen LogP contribution in [0.25, 0.3) is 0 Å². The number of pyridine rings is 1. The fraction of sp³-hybridized carbons (Fsp3) is 0.143. The van der Waals surface area contributed by atoms with Crippen molar-refractivity contribution in [2.45, 2.75) is 18.7 Å². The monoisotopic (exact) mass is 421 g/mol. The molecule has 2 aliphatic rings. The normalized spacial score (nSPS) is 20.5. The third-order valence-electron chi connectivity index (χ3n) is 4.91. The van der Waals surface area contributed by atoms with Gasteiger partial charge in [0.25, 0.3) is 0 Å². The summed E-state index contributed by atoms with van der Waals surface area (Å²) in [5.74, 6) is 1.07. The SMILES string of the molecule is Oc1ccccc1C1=NN2[C@H](C1)c1cc(Br)ccc1O[C@@H]2c1ccccn1. The topological polar surface area (TPSA) is 58.0 Å². The minimum absolute atomic E-state index is 0.0212. The maximum atomic E-state index is 10.3. The van der Waals surface area contributed by atoms with E-state index >= 15 is 0 Å². The number of fused-ring (bicyclic) bond motifs is 3. The molecule has 0 saturated carbocycles. The van der Waals surface area contributed by atoms with Crippen molar-refractivity contribution in [3.05, 3.63) is 88.2 Å². The molecule has 0 fully saturated rings. The first kappa shape index (κ1) is 16.3. The highest BCUT2D eigenvalue weighted by Crippen LogP contribution is 2.48. The minimum atomic E-state index is -0.409. The molecule has 1 aromatic heterocycles. The van der Waals surface area contributed by atoms with E-state index in [4.69, 9.17) is 9.84 Å². The molecule has 0 amide bonds. The van der Waals surface area contributed by atoms with E-state index in [1.54, 1.807) is 12.3 Å². The van der Waals surface area contributed by atoms with Gasteiger partial charge in [-0.2, -0.15) is 5.10 Å². The molecule has 2 aliphatic heterocycles. The summed E-state index contributed by atoms with van der Waals surface area (Å²) in [6, 6.07) is 19.1. The molecule has 0 unspecified atom stereocenters. The number of rotatable bonds is 2. The van der Waals surface area contributed by atoms with Crippen molar-refractivity contribution >= 4 is 21.6 Å². The van der Waals surface area contributed by atoms with Crippen molar-refractivity contribution in [2.24, 2.45) is 5.10 Å². The van der Waals surface area contributed by atoms with E-state index < -0.39 is 6.23 Å². The Bertz CT molecular complexity index is 1040. The van der Waals surface area contributed by atoms with Gasteiger partial charge in [0, 0.05) is 28.2 Å². The van der Waals surface area contributed by atoms with Gasteiger partial charge in [0.05, 0.1) is 11.8 Å². The fourth-order valence-electron chi connectivity index (χ4n) is 3.66. The Morgan fingerprint density at radius 3 is 2.74 bits per heavy atom. The predicted octanol–water partition coefficient (Wildman–Crippen LogP) is 4.79. The lowest BCUT2D eigenvalue weighted by atomic mass is 9.96. The molecule has 0 radical (unpaired) electrons. The molecular weight excluding hydrogens is 406 g/mol. The van der Waals surface area contributed by atoms with Gasteiger partial charge in [-0.15, -0.1) is 0 Å². The summed E-state index contributed by atoms with van der Waals surface area (Å²) >= 11 is 3.56. The summed E-state index contributed by atoms with van der Waals surface area (Å²) in [6.07, 6.45) is 2.04. The van der Waals surface area contributed by atoms with Gasteiger partial charge < -0.3 is 9.84 Å². The Kier molecular flexibility index (Phi) is 3.86. The van der Waals surface area contributed by atoms with Crippen LogP contribution in [0.15, 0.2) is 76.4 Å². The molecule has 0 spiro atoms. The van der Waals surface area contributed by atoms with Crippen LogP contribution in [0.2, 0.25) is 0 Å². The Balaban J connectivity index is 1.63. The minimum Gasteiger partial charge on any atom is -0.507 e. The predicted molar refractivity (Wildman–Crippen MR) is 106 cm³/mol. The molecule has 5 rings (SSSR count). The van der Waals surface area contributed by atoms with E-state index in [9.17, 15) is 5.11 Å². The molecular formula is C21H16BrN3O2. The summed E-state index contributed by atoms with van der Waals surface area (Å²) in [5.41, 5.74) is 3.47. The van der Waals surface area contributed by atoms with Gasteiger partial charge in [0.2, 0.25) is 6.23 Å². The van der Waals surface area contributed by atoms with E-state index in [1.165, 1.54) is 0 Å². The first-order valence-electron chi connectivity index (χ1n) is 8.72. The van der Waals surface area contributed by atoms with Crippen LogP contribution >= 0.6 is 15.9 Å². The molecule has 6 heteroatoms. The largest absolute Gasteiger partial charge is 0.507 e. The Morgan fingerprint density at radius 1 is 1.07 bits per heavy atom. The molecule has 0 saturated heterocycles. The van der Waals surface area contributed by atoms with Gasteiger partial charge in [-0.3, -0.25) is 4.98 Å². The van der Waals surface area contributed by atoms with Gasteiger partial charge in [0.1, 0.15) is 17.2 Å². The zero-order valence-electron chi connectivity index (χ0n) is 14.3. The first-order chi connectivity index (χ1) is 13.2. The number of aromatic nitrogens is 1. The standard InChI is InChI=1S/C21H16BrN3O2/c22-13-8-9-20-15(11-13)18-12-17(14-5-1-2-7-19(14)26)24-25(18)21(27-20)16-6-3-4-10-23-16/h1-11,18,21,26H,12H2/t18-,21-/m1/s1. The Hall–Kier alpha value is -2.86. The summed E-state index contributed by atoms with van der Waals surface area (Å²) in [6.45, 7) is 0. The van der Waals surface area contributed by atoms with Crippen LogP contribution in [0.4, 0.5) is 0 Å². The van der Waals surface area contributed by atoms with Gasteiger partial charge in [0.15, 0.2) is 0 Å². The van der Waals surface area contributed by atoms with Crippen LogP contribution in [0.3, 0.4) is 0 Å². The van der Waals surface area contributed by atoms with Crippen LogP contribution in [0.1, 0.15) is 35.5 Å². The van der Waals surface area contributed by atoms with Crippen molar-refractivity contribution in [1.82, 2.24) is 9.99 Å². The number of phenolic OH excluding ortho intramolecular Hbond substituents is 1. The molecule has 3 aromatic rings. The Labute approximate surface area is 165 Å². The van der Waals surface area contributed by atoms with Crippen molar-refractivity contribution < 1.29 is 9.84 Å². The molecule has 2 atom stereocenters. The maximum Gasteiger partial charge on any atom is 0.230 e. The number of hydrazone groups is 1. The fourth-order valence-corrected chi connectivity index (χ4v) is 4.03. The van der Waals surface area contributed by atoms with Gasteiger partial charge in [-0.1, -0.05) is 34.1 Å². The second-order valence-corrected chi connectivity index (χ2v) is 7.49. The van der Waals surface area contributed by atoms with E-state index in [1.807, 2.05) is 53.5 Å². The first-order valence-corrected chi connectivity index (χ1v) is 9.51. The van der Waals surface area contributed by atoms with Crippen molar-refractivity contribution in [1.29, 1.82) is 0 Å². The van der Waals surface area contributed by atoms with Crippen LogP contribution in [-0.4, -0.2) is 20.8 Å².